The van der Waals surface area contributed by atoms with E-state index in [1.165, 1.54) is 19.3 Å². The molecule has 1 amide bonds. The molecule has 2 rings (SSSR count). The molecule has 5 nitrogen and oxygen atoms in total. The summed E-state index contributed by atoms with van der Waals surface area (Å²) in [6.07, 6.45) is 3.64. The Morgan fingerprint density at radius 2 is 2.05 bits per heavy atom. The summed E-state index contributed by atoms with van der Waals surface area (Å²) < 4.78 is 0. The number of guanidine groups is 1. The number of halogens is 1. The zero-order chi connectivity index (χ0) is 15.1. The number of amides is 1. The van der Waals surface area contributed by atoms with Crippen LogP contribution in [0.3, 0.4) is 0 Å². The minimum atomic E-state index is -0.0488. The van der Waals surface area contributed by atoms with Crippen molar-refractivity contribution in [3.05, 3.63) is 35.4 Å². The smallest absolute Gasteiger partial charge is 0.251 e. The van der Waals surface area contributed by atoms with Gasteiger partial charge in [0.25, 0.3) is 5.91 Å². The van der Waals surface area contributed by atoms with Crippen LogP contribution in [-0.4, -0.2) is 36.4 Å². The highest BCUT2D eigenvalue weighted by Gasteiger charge is 2.11. The van der Waals surface area contributed by atoms with Gasteiger partial charge in [-0.05, 0) is 43.9 Å². The maximum Gasteiger partial charge on any atom is 0.251 e. The first-order chi connectivity index (χ1) is 10.2. The average Bonchev–Trinajstić information content (AvgIpc) is 2.54. The van der Waals surface area contributed by atoms with Crippen LogP contribution in [0.15, 0.2) is 29.3 Å². The first-order valence-corrected chi connectivity index (χ1v) is 7.62. The molecule has 0 atom stereocenters. The van der Waals surface area contributed by atoms with Crippen LogP contribution >= 0.6 is 24.0 Å². The normalized spacial score (nSPS) is 15.1. The topological polar surface area (TPSA) is 70.7 Å². The zero-order valence-corrected chi connectivity index (χ0v) is 15.4. The van der Waals surface area contributed by atoms with Crippen molar-refractivity contribution in [3.63, 3.8) is 0 Å². The van der Waals surface area contributed by atoms with Crippen molar-refractivity contribution < 1.29 is 4.79 Å². The van der Waals surface area contributed by atoms with E-state index in [1.807, 2.05) is 31.2 Å². The number of carbonyl (C=O) groups excluding carboxylic acids is 1. The van der Waals surface area contributed by atoms with Crippen molar-refractivity contribution in [1.82, 2.24) is 10.2 Å². The van der Waals surface area contributed by atoms with E-state index in [0.29, 0.717) is 24.6 Å². The van der Waals surface area contributed by atoms with Crippen molar-refractivity contribution >= 4 is 35.8 Å². The molecule has 0 aromatic heterocycles. The number of rotatable bonds is 4. The number of hydrogen-bond acceptors (Lipinski definition) is 2. The van der Waals surface area contributed by atoms with Gasteiger partial charge in [-0.3, -0.25) is 4.79 Å². The molecule has 6 heteroatoms. The fraction of sp³-hybridized carbons (Fsp3) is 0.500. The lowest BCUT2D eigenvalue weighted by Crippen LogP contribution is -2.40. The van der Waals surface area contributed by atoms with E-state index in [0.717, 1.165) is 18.7 Å². The van der Waals surface area contributed by atoms with Gasteiger partial charge in [-0.25, -0.2) is 4.99 Å². The third-order valence-corrected chi connectivity index (χ3v) is 3.63. The van der Waals surface area contributed by atoms with Crippen LogP contribution in [-0.2, 0) is 6.54 Å². The molecule has 3 N–H and O–H groups in total. The van der Waals surface area contributed by atoms with E-state index in [4.69, 9.17) is 5.73 Å². The number of likely N-dealkylation sites (tertiary alicyclic amines) is 1. The average molecular weight is 416 g/mol. The van der Waals surface area contributed by atoms with E-state index < -0.39 is 0 Å². The van der Waals surface area contributed by atoms with Gasteiger partial charge in [-0.1, -0.05) is 12.1 Å². The van der Waals surface area contributed by atoms with Gasteiger partial charge in [0.1, 0.15) is 0 Å². The molecule has 1 fully saturated rings. The maximum absolute atomic E-state index is 11.8. The summed E-state index contributed by atoms with van der Waals surface area (Å²) in [6.45, 7) is 5.03. The lowest BCUT2D eigenvalue weighted by atomic mass is 10.1. The van der Waals surface area contributed by atoms with Crippen LogP contribution in [0.5, 0.6) is 0 Å². The SMILES string of the molecule is CCNC(=O)c1cccc(CN=C(N)N2CCCCC2)c1.I. The van der Waals surface area contributed by atoms with Gasteiger partial charge < -0.3 is 16.0 Å². The fourth-order valence-electron chi connectivity index (χ4n) is 2.47. The highest BCUT2D eigenvalue weighted by atomic mass is 127. The lowest BCUT2D eigenvalue weighted by molar-refractivity contribution is 0.0955. The molecule has 1 aromatic carbocycles. The van der Waals surface area contributed by atoms with Gasteiger partial charge in [-0.15, -0.1) is 24.0 Å². The van der Waals surface area contributed by atoms with Gasteiger partial charge in [0.2, 0.25) is 0 Å². The number of piperidine rings is 1. The highest BCUT2D eigenvalue weighted by molar-refractivity contribution is 14.0. The van der Waals surface area contributed by atoms with Crippen LogP contribution in [0.2, 0.25) is 0 Å². The first-order valence-electron chi connectivity index (χ1n) is 7.62. The number of nitrogens with one attached hydrogen (secondary N) is 1. The Morgan fingerprint density at radius 3 is 2.73 bits per heavy atom. The van der Waals surface area contributed by atoms with Crippen molar-refractivity contribution in [2.75, 3.05) is 19.6 Å². The van der Waals surface area contributed by atoms with Crippen molar-refractivity contribution in [2.24, 2.45) is 10.7 Å². The monoisotopic (exact) mass is 416 g/mol. The summed E-state index contributed by atoms with van der Waals surface area (Å²) in [5, 5.41) is 2.80. The molecule has 122 valence electrons. The second-order valence-electron chi connectivity index (χ2n) is 5.28. The number of hydrogen-bond donors (Lipinski definition) is 2. The Hall–Kier alpha value is -1.31. The second kappa shape index (κ2) is 9.66. The minimum absolute atomic E-state index is 0. The zero-order valence-electron chi connectivity index (χ0n) is 13.0. The number of carbonyl (C=O) groups is 1. The summed E-state index contributed by atoms with van der Waals surface area (Å²) in [6, 6.07) is 7.53. The predicted octanol–water partition coefficient (Wildman–Crippen LogP) is 2.35. The molecule has 0 saturated carbocycles. The van der Waals surface area contributed by atoms with Gasteiger partial charge >= 0.3 is 0 Å². The van der Waals surface area contributed by atoms with Crippen LogP contribution in [0.25, 0.3) is 0 Å². The molecular formula is C16H25IN4O. The standard InChI is InChI=1S/C16H24N4O.HI/c1-2-18-15(21)14-8-6-7-13(11-14)12-19-16(17)20-9-4-3-5-10-20;/h6-8,11H,2-5,9-10,12H2,1H3,(H2,17,19)(H,18,21);1H. The third kappa shape index (κ3) is 5.47. The molecule has 1 heterocycles. The molecule has 1 saturated heterocycles. The minimum Gasteiger partial charge on any atom is -0.370 e. The van der Waals surface area contributed by atoms with E-state index >= 15 is 0 Å². The lowest BCUT2D eigenvalue weighted by Gasteiger charge is -2.27. The molecular weight excluding hydrogens is 391 g/mol. The highest BCUT2D eigenvalue weighted by Crippen LogP contribution is 2.10. The van der Waals surface area contributed by atoms with E-state index in [9.17, 15) is 4.79 Å². The molecule has 0 aliphatic carbocycles. The van der Waals surface area contributed by atoms with Crippen molar-refractivity contribution in [1.29, 1.82) is 0 Å². The molecule has 1 aliphatic rings. The summed E-state index contributed by atoms with van der Waals surface area (Å²) in [7, 11) is 0. The fourth-order valence-corrected chi connectivity index (χ4v) is 2.47. The number of benzene rings is 1. The maximum atomic E-state index is 11.8. The Morgan fingerprint density at radius 1 is 1.32 bits per heavy atom. The molecule has 0 bridgehead atoms. The molecule has 1 aromatic rings. The number of nitrogens with zero attached hydrogens (tertiary/aromatic N) is 2. The molecule has 22 heavy (non-hydrogen) atoms. The van der Waals surface area contributed by atoms with E-state index in [1.54, 1.807) is 0 Å². The second-order valence-corrected chi connectivity index (χ2v) is 5.28. The predicted molar refractivity (Wildman–Crippen MR) is 101 cm³/mol. The molecule has 0 spiro atoms. The van der Waals surface area contributed by atoms with Gasteiger partial charge in [-0.2, -0.15) is 0 Å². The summed E-state index contributed by atoms with van der Waals surface area (Å²) in [5.74, 6) is 0.561. The van der Waals surface area contributed by atoms with Crippen LogP contribution in [0.4, 0.5) is 0 Å². The van der Waals surface area contributed by atoms with Gasteiger partial charge in [0.15, 0.2) is 5.96 Å². The Kier molecular flexibility index (Phi) is 8.22. The Bertz CT molecular complexity index is 513. The Labute approximate surface area is 149 Å². The largest absolute Gasteiger partial charge is 0.370 e. The quantitative estimate of drug-likeness (QED) is 0.450. The third-order valence-electron chi connectivity index (χ3n) is 3.63. The summed E-state index contributed by atoms with van der Waals surface area (Å²) in [4.78, 5) is 18.4. The van der Waals surface area contributed by atoms with Crippen LogP contribution < -0.4 is 11.1 Å². The molecule has 1 aliphatic heterocycles. The first kappa shape index (κ1) is 18.7. The number of nitrogens with two attached hydrogens (primary N) is 1. The molecule has 0 unspecified atom stereocenters. The van der Waals surface area contributed by atoms with Gasteiger partial charge in [0, 0.05) is 25.2 Å². The van der Waals surface area contributed by atoms with E-state index in [-0.39, 0.29) is 29.9 Å². The number of aliphatic imine (C=N–C) groups is 1. The van der Waals surface area contributed by atoms with Crippen LogP contribution in [0, 0.1) is 0 Å². The Balaban J connectivity index is 0.00000242. The summed E-state index contributed by atoms with van der Waals surface area (Å²) in [5.41, 5.74) is 7.70. The summed E-state index contributed by atoms with van der Waals surface area (Å²) >= 11 is 0. The van der Waals surface area contributed by atoms with E-state index in [2.05, 4.69) is 15.2 Å². The van der Waals surface area contributed by atoms with Crippen molar-refractivity contribution in [2.45, 2.75) is 32.7 Å². The molecule has 0 radical (unpaired) electrons. The van der Waals surface area contributed by atoms with Crippen molar-refractivity contribution in [3.8, 4) is 0 Å². The van der Waals surface area contributed by atoms with Crippen LogP contribution in [0.1, 0.15) is 42.1 Å². The van der Waals surface area contributed by atoms with Gasteiger partial charge in [0.05, 0.1) is 6.54 Å².